The number of anilines is 2. The van der Waals surface area contributed by atoms with Crippen LogP contribution in [-0.4, -0.2) is 45.8 Å². The van der Waals surface area contributed by atoms with E-state index >= 15 is 0 Å². The summed E-state index contributed by atoms with van der Waals surface area (Å²) in [6.45, 7) is 9.44. The average molecular weight is 502 g/mol. The minimum atomic E-state index is -0.787. The SMILES string of the molecule is Cc1cc(NC(=O)C(=O)N2C[C@@H](C)CC[C@@H]2c2ccc(C(N)=O)s2)cnc1NC(=O)OC(C)(C)C. The zero-order chi connectivity index (χ0) is 25.9. The molecule has 4 amide bonds. The number of aryl methyl sites for hydroxylation is 1. The molecule has 0 aliphatic carbocycles. The van der Waals surface area contributed by atoms with Crippen molar-refractivity contribution in [1.29, 1.82) is 0 Å². The first-order valence-corrected chi connectivity index (χ1v) is 12.1. The van der Waals surface area contributed by atoms with Crippen LogP contribution >= 0.6 is 11.3 Å². The van der Waals surface area contributed by atoms with Crippen LogP contribution in [0, 0.1) is 12.8 Å². The van der Waals surface area contributed by atoms with E-state index in [2.05, 4.69) is 15.6 Å². The Morgan fingerprint density at radius 2 is 1.89 bits per heavy atom. The van der Waals surface area contributed by atoms with E-state index in [0.717, 1.165) is 11.3 Å². The third-order valence-corrected chi connectivity index (χ3v) is 6.63. The summed E-state index contributed by atoms with van der Waals surface area (Å²) in [5.74, 6) is -1.44. The smallest absolute Gasteiger partial charge is 0.413 e. The maximum Gasteiger partial charge on any atom is 0.413 e. The second-order valence-electron chi connectivity index (χ2n) is 9.69. The number of rotatable bonds is 4. The van der Waals surface area contributed by atoms with Gasteiger partial charge in [0, 0.05) is 11.4 Å². The number of thiophene rings is 1. The Kier molecular flexibility index (Phi) is 7.79. The molecule has 3 rings (SSSR count). The molecule has 1 aliphatic rings. The van der Waals surface area contributed by atoms with Gasteiger partial charge in [0.05, 0.1) is 22.8 Å². The van der Waals surface area contributed by atoms with Crippen LogP contribution in [0.5, 0.6) is 0 Å². The van der Waals surface area contributed by atoms with E-state index in [1.165, 1.54) is 17.5 Å². The zero-order valence-electron chi connectivity index (χ0n) is 20.5. The summed E-state index contributed by atoms with van der Waals surface area (Å²) >= 11 is 1.24. The van der Waals surface area contributed by atoms with Crippen molar-refractivity contribution in [2.24, 2.45) is 11.7 Å². The van der Waals surface area contributed by atoms with Gasteiger partial charge in [-0.15, -0.1) is 11.3 Å². The molecule has 1 fully saturated rings. The van der Waals surface area contributed by atoms with Crippen LogP contribution in [0.4, 0.5) is 16.3 Å². The summed E-state index contributed by atoms with van der Waals surface area (Å²) in [5.41, 5.74) is 5.63. The number of ether oxygens (including phenoxy) is 1. The molecule has 11 heteroatoms. The van der Waals surface area contributed by atoms with Crippen molar-refractivity contribution in [3.63, 3.8) is 0 Å². The standard InChI is InChI=1S/C24H31N5O5S/c1-13-6-7-16(17-8-9-18(35-17)19(25)30)29(12-13)22(32)21(31)27-15-10-14(2)20(26-11-15)28-23(33)34-24(3,4)5/h8-11,13,16H,6-7,12H2,1-5H3,(H2,25,30)(H,27,31)(H,26,28,33)/t13-,16+/m0/s1. The fraction of sp³-hybridized carbons (Fsp3) is 0.458. The second kappa shape index (κ2) is 10.4. The molecular weight excluding hydrogens is 470 g/mol. The monoisotopic (exact) mass is 501 g/mol. The molecule has 3 heterocycles. The fourth-order valence-corrected chi connectivity index (χ4v) is 4.83. The predicted molar refractivity (Wildman–Crippen MR) is 133 cm³/mol. The number of aromatic nitrogens is 1. The van der Waals surface area contributed by atoms with Crippen LogP contribution in [0.25, 0.3) is 0 Å². The van der Waals surface area contributed by atoms with Crippen molar-refractivity contribution in [3.8, 4) is 0 Å². The summed E-state index contributed by atoms with van der Waals surface area (Å²) in [6.07, 6.45) is 2.30. The van der Waals surface area contributed by atoms with Gasteiger partial charge in [-0.1, -0.05) is 6.92 Å². The van der Waals surface area contributed by atoms with E-state index in [1.807, 2.05) is 6.92 Å². The summed E-state index contributed by atoms with van der Waals surface area (Å²) in [5, 5.41) is 5.17. The van der Waals surface area contributed by atoms with Gasteiger partial charge >= 0.3 is 17.9 Å². The molecule has 1 aliphatic heterocycles. The molecule has 2 aromatic heterocycles. The fourth-order valence-electron chi connectivity index (χ4n) is 3.83. The molecule has 2 atom stereocenters. The number of pyridine rings is 1. The Labute approximate surface area is 208 Å². The molecule has 0 aromatic carbocycles. The topological polar surface area (TPSA) is 144 Å². The van der Waals surface area contributed by atoms with E-state index in [1.54, 1.807) is 50.8 Å². The number of hydrogen-bond donors (Lipinski definition) is 3. The summed E-state index contributed by atoms with van der Waals surface area (Å²) in [7, 11) is 0. The third-order valence-electron chi connectivity index (χ3n) is 5.43. The molecule has 0 spiro atoms. The van der Waals surface area contributed by atoms with Gasteiger partial charge < -0.3 is 20.7 Å². The minimum absolute atomic E-state index is 0.237. The van der Waals surface area contributed by atoms with Crippen molar-refractivity contribution < 1.29 is 23.9 Å². The van der Waals surface area contributed by atoms with Gasteiger partial charge in [-0.25, -0.2) is 9.78 Å². The van der Waals surface area contributed by atoms with Gasteiger partial charge in [0.15, 0.2) is 0 Å². The highest BCUT2D eigenvalue weighted by Gasteiger charge is 2.35. The van der Waals surface area contributed by atoms with Crippen molar-refractivity contribution in [2.75, 3.05) is 17.2 Å². The summed E-state index contributed by atoms with van der Waals surface area (Å²) < 4.78 is 5.23. The van der Waals surface area contributed by atoms with Gasteiger partial charge in [0.1, 0.15) is 11.4 Å². The van der Waals surface area contributed by atoms with Crippen LogP contribution in [0.15, 0.2) is 24.4 Å². The molecule has 0 unspecified atom stereocenters. The highest BCUT2D eigenvalue weighted by molar-refractivity contribution is 7.14. The number of hydrogen-bond acceptors (Lipinski definition) is 7. The van der Waals surface area contributed by atoms with Gasteiger partial charge in [0.25, 0.3) is 5.91 Å². The Bertz CT molecular complexity index is 1140. The number of amides is 4. The van der Waals surface area contributed by atoms with Crippen molar-refractivity contribution in [1.82, 2.24) is 9.88 Å². The predicted octanol–water partition coefficient (Wildman–Crippen LogP) is 3.84. The lowest BCUT2D eigenvalue weighted by Crippen LogP contribution is -2.46. The van der Waals surface area contributed by atoms with Gasteiger partial charge in [-0.3, -0.25) is 19.7 Å². The van der Waals surface area contributed by atoms with Gasteiger partial charge in [0.2, 0.25) is 0 Å². The highest BCUT2D eigenvalue weighted by atomic mass is 32.1. The Morgan fingerprint density at radius 3 is 2.49 bits per heavy atom. The normalized spacial score (nSPS) is 18.0. The Hall–Kier alpha value is -3.47. The van der Waals surface area contributed by atoms with Crippen molar-refractivity contribution >= 4 is 46.7 Å². The molecule has 0 bridgehead atoms. The lowest BCUT2D eigenvalue weighted by molar-refractivity contribution is -0.146. The van der Waals surface area contributed by atoms with E-state index in [-0.39, 0.29) is 17.8 Å². The molecule has 0 radical (unpaired) electrons. The number of carbonyl (C=O) groups excluding carboxylic acids is 4. The average Bonchev–Trinajstić information content (AvgIpc) is 3.24. The van der Waals surface area contributed by atoms with E-state index in [9.17, 15) is 19.2 Å². The molecular formula is C24H31N5O5S. The number of likely N-dealkylation sites (tertiary alicyclic amines) is 1. The largest absolute Gasteiger partial charge is 0.444 e. The van der Waals surface area contributed by atoms with Crippen LogP contribution in [0.2, 0.25) is 0 Å². The van der Waals surface area contributed by atoms with Crippen LogP contribution in [0.3, 0.4) is 0 Å². The van der Waals surface area contributed by atoms with Crippen molar-refractivity contribution in [3.05, 3.63) is 39.7 Å². The number of nitrogens with one attached hydrogen (secondary N) is 2. The first-order valence-electron chi connectivity index (χ1n) is 11.3. The Morgan fingerprint density at radius 1 is 1.17 bits per heavy atom. The van der Waals surface area contributed by atoms with Crippen LogP contribution < -0.4 is 16.4 Å². The third kappa shape index (κ3) is 6.78. The zero-order valence-corrected chi connectivity index (χ0v) is 21.3. The van der Waals surface area contributed by atoms with Crippen LogP contribution in [-0.2, 0) is 14.3 Å². The highest BCUT2D eigenvalue weighted by Crippen LogP contribution is 2.37. The summed E-state index contributed by atoms with van der Waals surface area (Å²) in [4.78, 5) is 56.4. The summed E-state index contributed by atoms with van der Waals surface area (Å²) in [6, 6.07) is 4.74. The molecule has 10 nitrogen and oxygen atoms in total. The molecule has 188 valence electrons. The van der Waals surface area contributed by atoms with E-state index < -0.39 is 29.4 Å². The molecule has 4 N–H and O–H groups in total. The Balaban J connectivity index is 1.71. The molecule has 0 saturated carbocycles. The van der Waals surface area contributed by atoms with E-state index in [4.69, 9.17) is 10.5 Å². The van der Waals surface area contributed by atoms with Gasteiger partial charge in [-0.2, -0.15) is 0 Å². The van der Waals surface area contributed by atoms with Crippen LogP contribution in [0.1, 0.15) is 66.7 Å². The molecule has 35 heavy (non-hydrogen) atoms. The number of primary amides is 1. The lowest BCUT2D eigenvalue weighted by atomic mass is 9.93. The van der Waals surface area contributed by atoms with Gasteiger partial charge in [-0.05, 0) is 70.2 Å². The van der Waals surface area contributed by atoms with Crippen molar-refractivity contribution in [2.45, 2.75) is 59.1 Å². The quantitative estimate of drug-likeness (QED) is 0.543. The molecule has 1 saturated heterocycles. The first kappa shape index (κ1) is 26.1. The maximum absolute atomic E-state index is 13.1. The van der Waals surface area contributed by atoms with E-state index in [0.29, 0.717) is 29.1 Å². The lowest BCUT2D eigenvalue weighted by Gasteiger charge is -2.37. The number of carbonyl (C=O) groups is 4. The maximum atomic E-state index is 13.1. The second-order valence-corrected chi connectivity index (χ2v) is 10.8. The minimum Gasteiger partial charge on any atom is -0.444 e. The number of nitrogens with two attached hydrogens (primary N) is 1. The number of nitrogens with zero attached hydrogens (tertiary/aromatic N) is 2. The number of piperidine rings is 1. The first-order chi connectivity index (χ1) is 16.3. The molecule has 2 aromatic rings.